The topological polar surface area (TPSA) is 68.3 Å². The van der Waals surface area contributed by atoms with Crippen molar-refractivity contribution in [3.8, 4) is 11.1 Å². The van der Waals surface area contributed by atoms with E-state index in [4.69, 9.17) is 0 Å². The minimum Gasteiger partial charge on any atom is -0.300 e. The third kappa shape index (κ3) is 8.80. The van der Waals surface area contributed by atoms with E-state index in [9.17, 15) is 19.2 Å². The molecule has 3 unspecified atom stereocenters. The van der Waals surface area contributed by atoms with Gasteiger partial charge in [-0.2, -0.15) is 0 Å². The van der Waals surface area contributed by atoms with Gasteiger partial charge in [0, 0.05) is 23.5 Å². The molecule has 4 nitrogen and oxygen atoms in total. The molecule has 3 atom stereocenters. The summed E-state index contributed by atoms with van der Waals surface area (Å²) in [6.07, 6.45) is 5.79. The van der Waals surface area contributed by atoms with Crippen molar-refractivity contribution in [2.45, 2.75) is 120 Å². The van der Waals surface area contributed by atoms with Crippen LogP contribution in [-0.2, 0) is 16.0 Å². The number of fused-ring (bicyclic) bond motifs is 1. The van der Waals surface area contributed by atoms with Crippen molar-refractivity contribution in [2.75, 3.05) is 0 Å². The Labute approximate surface area is 248 Å². The molecule has 0 bridgehead atoms. The molecule has 0 saturated heterocycles. The Balaban J connectivity index is 0.00000187. The van der Waals surface area contributed by atoms with Gasteiger partial charge in [-0.15, -0.1) is 0 Å². The zero-order chi connectivity index (χ0) is 30.9. The van der Waals surface area contributed by atoms with E-state index in [2.05, 4.69) is 58.9 Å². The zero-order valence-corrected chi connectivity index (χ0v) is 27.0. The molecule has 2 aromatic carbocycles. The molecule has 4 heteroatoms. The number of carbonyl (C=O) groups is 4. The Morgan fingerprint density at radius 2 is 1.56 bits per heavy atom. The van der Waals surface area contributed by atoms with Crippen LogP contribution in [0, 0.1) is 24.7 Å². The SMILES string of the molecule is CCC.CCCC(CC1CC(=O)c2c(C)c(C(C)=O)cc(-c3ccc(C(C)C)cc3)c2C1)C(CC)C(=O)CC(C)=O. The fourth-order valence-corrected chi connectivity index (χ4v) is 6.47. The Kier molecular flexibility index (Phi) is 13.3. The molecule has 0 N–H and O–H groups in total. The Bertz CT molecular complexity index is 1220. The molecule has 0 aromatic heterocycles. The molecule has 1 aliphatic carbocycles. The van der Waals surface area contributed by atoms with E-state index in [0.717, 1.165) is 47.9 Å². The zero-order valence-electron chi connectivity index (χ0n) is 27.0. The summed E-state index contributed by atoms with van der Waals surface area (Å²) in [5.41, 5.74) is 6.38. The van der Waals surface area contributed by atoms with E-state index in [0.29, 0.717) is 29.9 Å². The van der Waals surface area contributed by atoms with Crippen LogP contribution in [-0.4, -0.2) is 23.1 Å². The lowest BCUT2D eigenvalue weighted by atomic mass is 9.70. The van der Waals surface area contributed by atoms with Crippen molar-refractivity contribution >= 4 is 23.1 Å². The summed E-state index contributed by atoms with van der Waals surface area (Å²) in [6, 6.07) is 10.4. The standard InChI is InChI=1S/C34H44O4.C3H8/c1-8-10-27(28(9-2)32(37)15-21(5)35)16-24-17-31-30(26-13-11-25(12-14-26)20(3)4)19-29(23(7)36)22(6)34(31)33(38)18-24;1-3-2/h11-14,19-20,24,27-28H,8-10,15-18H2,1-7H3;3H2,1-2H3. The molecule has 0 radical (unpaired) electrons. The van der Waals surface area contributed by atoms with Crippen LogP contribution in [0.1, 0.15) is 144 Å². The van der Waals surface area contributed by atoms with E-state index in [1.54, 1.807) is 6.92 Å². The largest absolute Gasteiger partial charge is 0.300 e. The second kappa shape index (κ2) is 15.9. The van der Waals surface area contributed by atoms with Crippen LogP contribution >= 0.6 is 0 Å². The maximum Gasteiger partial charge on any atom is 0.163 e. The van der Waals surface area contributed by atoms with Crippen molar-refractivity contribution in [2.24, 2.45) is 17.8 Å². The van der Waals surface area contributed by atoms with Crippen LogP contribution in [0.5, 0.6) is 0 Å². The van der Waals surface area contributed by atoms with Gasteiger partial charge in [-0.1, -0.05) is 85.1 Å². The summed E-state index contributed by atoms with van der Waals surface area (Å²) in [5, 5.41) is 0. The Morgan fingerprint density at radius 3 is 2.05 bits per heavy atom. The van der Waals surface area contributed by atoms with Gasteiger partial charge in [-0.3, -0.25) is 19.2 Å². The maximum atomic E-state index is 13.7. The Morgan fingerprint density at radius 1 is 0.951 bits per heavy atom. The lowest BCUT2D eigenvalue weighted by Gasteiger charge is -2.33. The van der Waals surface area contributed by atoms with Gasteiger partial charge in [-0.25, -0.2) is 0 Å². The maximum absolute atomic E-state index is 13.7. The van der Waals surface area contributed by atoms with Gasteiger partial charge in [0.15, 0.2) is 11.6 Å². The molecule has 0 spiro atoms. The molecule has 0 fully saturated rings. The first kappa shape index (κ1) is 34.3. The van der Waals surface area contributed by atoms with E-state index in [1.807, 2.05) is 19.9 Å². The normalized spacial score (nSPS) is 16.0. The average molecular weight is 561 g/mol. The number of Topliss-reactive ketones (excluding diaryl/α,β-unsaturated/α-hetero) is 4. The van der Waals surface area contributed by atoms with Crippen LogP contribution in [0.3, 0.4) is 0 Å². The van der Waals surface area contributed by atoms with Crippen molar-refractivity contribution < 1.29 is 19.2 Å². The molecule has 41 heavy (non-hydrogen) atoms. The molecule has 0 amide bonds. The predicted octanol–water partition coefficient (Wildman–Crippen LogP) is 9.53. The summed E-state index contributed by atoms with van der Waals surface area (Å²) in [7, 11) is 0. The molecule has 224 valence electrons. The summed E-state index contributed by atoms with van der Waals surface area (Å²) in [4.78, 5) is 50.8. The third-order valence-corrected chi connectivity index (χ3v) is 8.35. The minimum atomic E-state index is -0.153. The Hall–Kier alpha value is -2.88. The predicted molar refractivity (Wildman–Crippen MR) is 170 cm³/mol. The quantitative estimate of drug-likeness (QED) is 0.191. The smallest absolute Gasteiger partial charge is 0.163 e. The molecule has 2 aromatic rings. The fraction of sp³-hybridized carbons (Fsp3) is 0.568. The van der Waals surface area contributed by atoms with Gasteiger partial charge < -0.3 is 0 Å². The number of rotatable bonds is 12. The van der Waals surface area contributed by atoms with E-state index < -0.39 is 0 Å². The number of hydrogen-bond donors (Lipinski definition) is 0. The van der Waals surface area contributed by atoms with Crippen LogP contribution in [0.25, 0.3) is 11.1 Å². The van der Waals surface area contributed by atoms with E-state index in [1.165, 1.54) is 18.9 Å². The first-order valence-electron chi connectivity index (χ1n) is 15.7. The first-order valence-corrected chi connectivity index (χ1v) is 15.7. The monoisotopic (exact) mass is 560 g/mol. The van der Waals surface area contributed by atoms with E-state index in [-0.39, 0.29) is 47.3 Å². The van der Waals surface area contributed by atoms with Crippen LogP contribution in [0.15, 0.2) is 30.3 Å². The fourth-order valence-electron chi connectivity index (χ4n) is 6.47. The highest BCUT2D eigenvalue weighted by Crippen LogP contribution is 2.41. The van der Waals surface area contributed by atoms with E-state index >= 15 is 0 Å². The number of ketones is 4. The highest BCUT2D eigenvalue weighted by atomic mass is 16.1. The van der Waals surface area contributed by atoms with Gasteiger partial charge >= 0.3 is 0 Å². The third-order valence-electron chi connectivity index (χ3n) is 8.35. The van der Waals surface area contributed by atoms with Crippen molar-refractivity contribution in [1.82, 2.24) is 0 Å². The summed E-state index contributed by atoms with van der Waals surface area (Å²) < 4.78 is 0. The molecule has 3 rings (SSSR count). The van der Waals surface area contributed by atoms with Gasteiger partial charge in [-0.05, 0) is 91.7 Å². The summed E-state index contributed by atoms with van der Waals surface area (Å²) in [6.45, 7) is 17.7. The summed E-state index contributed by atoms with van der Waals surface area (Å²) >= 11 is 0. The van der Waals surface area contributed by atoms with Crippen LogP contribution in [0.2, 0.25) is 0 Å². The van der Waals surface area contributed by atoms with Crippen molar-refractivity contribution in [3.63, 3.8) is 0 Å². The molecular formula is C37H52O4. The molecule has 1 aliphatic rings. The van der Waals surface area contributed by atoms with Gasteiger partial charge in [0.2, 0.25) is 0 Å². The second-order valence-electron chi connectivity index (χ2n) is 12.3. The van der Waals surface area contributed by atoms with Crippen LogP contribution < -0.4 is 0 Å². The number of hydrogen-bond acceptors (Lipinski definition) is 4. The molecule has 0 saturated carbocycles. The lowest BCUT2D eigenvalue weighted by Crippen LogP contribution is -2.30. The van der Waals surface area contributed by atoms with Gasteiger partial charge in [0.1, 0.15) is 11.6 Å². The highest BCUT2D eigenvalue weighted by Gasteiger charge is 2.35. The van der Waals surface area contributed by atoms with Gasteiger partial charge in [0.05, 0.1) is 6.42 Å². The van der Waals surface area contributed by atoms with Crippen LogP contribution in [0.4, 0.5) is 0 Å². The van der Waals surface area contributed by atoms with Crippen molar-refractivity contribution in [3.05, 3.63) is 58.1 Å². The first-order chi connectivity index (χ1) is 19.4. The molecule has 0 aliphatic heterocycles. The molecule has 0 heterocycles. The minimum absolute atomic E-state index is 0.00527. The van der Waals surface area contributed by atoms with Crippen molar-refractivity contribution in [1.29, 1.82) is 0 Å². The number of carbonyl (C=O) groups excluding carboxylic acids is 4. The van der Waals surface area contributed by atoms with Gasteiger partial charge in [0.25, 0.3) is 0 Å². The lowest BCUT2D eigenvalue weighted by molar-refractivity contribution is -0.129. The number of benzene rings is 2. The highest BCUT2D eigenvalue weighted by molar-refractivity contribution is 6.07. The molecular weight excluding hydrogens is 508 g/mol. The average Bonchev–Trinajstić information content (AvgIpc) is 2.89. The second-order valence-corrected chi connectivity index (χ2v) is 12.3. The summed E-state index contributed by atoms with van der Waals surface area (Å²) in [5.74, 6) is 0.560.